The zero-order valence-electron chi connectivity index (χ0n) is 14.8. The lowest BCUT2D eigenvalue weighted by Gasteiger charge is -2.27. The lowest BCUT2D eigenvalue weighted by Crippen LogP contribution is -2.36. The second kappa shape index (κ2) is 7.76. The van der Waals surface area contributed by atoms with Gasteiger partial charge in [0.1, 0.15) is 0 Å². The summed E-state index contributed by atoms with van der Waals surface area (Å²) in [6.07, 6.45) is 5.28. The summed E-state index contributed by atoms with van der Waals surface area (Å²) >= 11 is 0. The molecule has 2 aliphatic rings. The van der Waals surface area contributed by atoms with E-state index in [4.69, 9.17) is 9.47 Å². The molecule has 2 amide bonds. The first-order chi connectivity index (χ1) is 12.1. The van der Waals surface area contributed by atoms with Gasteiger partial charge < -0.3 is 20.1 Å². The minimum Gasteiger partial charge on any atom is -0.493 e. The molecule has 1 aromatic carbocycles. The Morgan fingerprint density at radius 2 is 1.48 bits per heavy atom. The topological polar surface area (TPSA) is 76.7 Å². The molecule has 0 aliphatic heterocycles. The second-order valence-corrected chi connectivity index (χ2v) is 6.89. The Labute approximate surface area is 148 Å². The minimum atomic E-state index is -0.0435. The van der Waals surface area contributed by atoms with Gasteiger partial charge in [-0.05, 0) is 50.7 Å². The Kier molecular flexibility index (Phi) is 5.46. The Balaban J connectivity index is 1.51. The molecule has 2 fully saturated rings. The van der Waals surface area contributed by atoms with Crippen molar-refractivity contribution in [2.75, 3.05) is 19.5 Å². The molecule has 2 N–H and O–H groups in total. The van der Waals surface area contributed by atoms with Crippen molar-refractivity contribution < 1.29 is 19.1 Å². The van der Waals surface area contributed by atoms with Crippen molar-refractivity contribution in [3.8, 4) is 11.5 Å². The van der Waals surface area contributed by atoms with Crippen LogP contribution in [0.4, 0.5) is 5.69 Å². The number of hydrogen-bond acceptors (Lipinski definition) is 4. The predicted molar refractivity (Wildman–Crippen MR) is 94.8 cm³/mol. The maximum absolute atomic E-state index is 12.5. The van der Waals surface area contributed by atoms with Gasteiger partial charge in [-0.3, -0.25) is 9.59 Å². The van der Waals surface area contributed by atoms with Gasteiger partial charge in [0.05, 0.1) is 14.2 Å². The number of carbonyl (C=O) groups is 2. The number of ether oxygens (including phenoxy) is 2. The van der Waals surface area contributed by atoms with Gasteiger partial charge >= 0.3 is 0 Å². The number of methoxy groups -OCH3 is 2. The van der Waals surface area contributed by atoms with Crippen molar-refractivity contribution in [1.29, 1.82) is 0 Å². The fraction of sp³-hybridized carbons (Fsp3) is 0.579. The number of hydrogen-bond donors (Lipinski definition) is 2. The van der Waals surface area contributed by atoms with E-state index in [0.717, 1.165) is 38.5 Å². The third kappa shape index (κ3) is 4.44. The second-order valence-electron chi connectivity index (χ2n) is 6.89. The molecule has 3 rings (SSSR count). The van der Waals surface area contributed by atoms with Crippen LogP contribution < -0.4 is 20.1 Å². The highest BCUT2D eigenvalue weighted by Crippen LogP contribution is 2.33. The molecule has 0 aromatic heterocycles. The molecule has 0 unspecified atom stereocenters. The molecule has 2 saturated carbocycles. The molecule has 6 nitrogen and oxygen atoms in total. The molecule has 2 aliphatic carbocycles. The lowest BCUT2D eigenvalue weighted by atomic mass is 9.81. The average molecular weight is 346 g/mol. The van der Waals surface area contributed by atoms with Crippen molar-refractivity contribution in [2.24, 2.45) is 11.8 Å². The number of anilines is 1. The summed E-state index contributed by atoms with van der Waals surface area (Å²) in [5, 5.41) is 6.01. The summed E-state index contributed by atoms with van der Waals surface area (Å²) in [7, 11) is 3.14. The van der Waals surface area contributed by atoms with Gasteiger partial charge in [-0.2, -0.15) is 0 Å². The molecule has 0 heterocycles. The highest BCUT2D eigenvalue weighted by atomic mass is 16.5. The van der Waals surface area contributed by atoms with E-state index in [9.17, 15) is 9.59 Å². The molecular formula is C19H26N2O4. The molecule has 6 heteroatoms. The van der Waals surface area contributed by atoms with Crippen LogP contribution in [-0.2, 0) is 9.59 Å². The van der Waals surface area contributed by atoms with Gasteiger partial charge in [0, 0.05) is 29.6 Å². The summed E-state index contributed by atoms with van der Waals surface area (Å²) < 4.78 is 10.5. The summed E-state index contributed by atoms with van der Waals surface area (Å²) in [5.41, 5.74) is 0.691. The van der Waals surface area contributed by atoms with E-state index in [1.807, 2.05) is 0 Å². The van der Waals surface area contributed by atoms with Crippen molar-refractivity contribution >= 4 is 17.5 Å². The van der Waals surface area contributed by atoms with Crippen LogP contribution in [0.5, 0.6) is 11.5 Å². The number of carbonyl (C=O) groups excluding carboxylic acids is 2. The maximum atomic E-state index is 12.5. The van der Waals surface area contributed by atoms with E-state index < -0.39 is 0 Å². The molecule has 136 valence electrons. The summed E-state index contributed by atoms with van der Waals surface area (Å²) in [6, 6.07) is 5.73. The number of rotatable bonds is 6. The van der Waals surface area contributed by atoms with Crippen molar-refractivity contribution in [1.82, 2.24) is 5.32 Å². The summed E-state index contributed by atoms with van der Waals surface area (Å²) in [5.74, 6) is 1.40. The monoisotopic (exact) mass is 346 g/mol. The summed E-state index contributed by atoms with van der Waals surface area (Å²) in [4.78, 5) is 24.6. The first-order valence-corrected chi connectivity index (χ1v) is 8.94. The molecular weight excluding hydrogens is 320 g/mol. The third-order valence-corrected chi connectivity index (χ3v) is 5.04. The normalized spacial score (nSPS) is 22.8. The third-order valence-electron chi connectivity index (χ3n) is 5.04. The van der Waals surface area contributed by atoms with Crippen molar-refractivity contribution in [3.63, 3.8) is 0 Å². The molecule has 0 radical (unpaired) electrons. The van der Waals surface area contributed by atoms with Crippen LogP contribution in [0.3, 0.4) is 0 Å². The van der Waals surface area contributed by atoms with E-state index in [-0.39, 0.29) is 23.7 Å². The van der Waals surface area contributed by atoms with E-state index in [1.165, 1.54) is 0 Å². The first-order valence-electron chi connectivity index (χ1n) is 8.94. The van der Waals surface area contributed by atoms with E-state index in [1.54, 1.807) is 32.4 Å². The molecule has 0 atom stereocenters. The lowest BCUT2D eigenvalue weighted by molar-refractivity contribution is -0.128. The predicted octanol–water partition coefficient (Wildman–Crippen LogP) is 2.73. The Morgan fingerprint density at radius 1 is 0.880 bits per heavy atom. The van der Waals surface area contributed by atoms with Crippen LogP contribution in [0, 0.1) is 11.8 Å². The van der Waals surface area contributed by atoms with E-state index in [2.05, 4.69) is 10.6 Å². The van der Waals surface area contributed by atoms with Gasteiger partial charge in [-0.15, -0.1) is 0 Å². The molecule has 25 heavy (non-hydrogen) atoms. The fourth-order valence-electron chi connectivity index (χ4n) is 3.32. The minimum absolute atomic E-state index is 0.00766. The Hall–Kier alpha value is -2.24. The van der Waals surface area contributed by atoms with Crippen LogP contribution in [0.2, 0.25) is 0 Å². The van der Waals surface area contributed by atoms with Gasteiger partial charge in [-0.1, -0.05) is 0 Å². The van der Waals surface area contributed by atoms with Crippen LogP contribution in [0.1, 0.15) is 38.5 Å². The van der Waals surface area contributed by atoms with Gasteiger partial charge in [0.15, 0.2) is 11.5 Å². The van der Waals surface area contributed by atoms with Crippen molar-refractivity contribution in [3.05, 3.63) is 18.2 Å². The average Bonchev–Trinajstić information content (AvgIpc) is 3.45. The van der Waals surface area contributed by atoms with Crippen LogP contribution in [0.15, 0.2) is 18.2 Å². The quantitative estimate of drug-likeness (QED) is 0.830. The summed E-state index contributed by atoms with van der Waals surface area (Å²) in [6.45, 7) is 0. The molecule has 0 saturated heterocycles. The molecule has 0 bridgehead atoms. The number of nitrogens with one attached hydrogen (secondary N) is 2. The highest BCUT2D eigenvalue weighted by Gasteiger charge is 2.32. The van der Waals surface area contributed by atoms with Crippen LogP contribution >= 0.6 is 0 Å². The van der Waals surface area contributed by atoms with Gasteiger partial charge in [-0.25, -0.2) is 0 Å². The smallest absolute Gasteiger partial charge is 0.227 e. The molecule has 1 aromatic rings. The largest absolute Gasteiger partial charge is 0.493 e. The SMILES string of the molecule is COc1ccc(NC(=O)C2CCC(C(=O)NC3CC3)CC2)cc1OC. The Morgan fingerprint density at radius 3 is 2.04 bits per heavy atom. The van der Waals surface area contributed by atoms with Crippen LogP contribution in [0.25, 0.3) is 0 Å². The number of amides is 2. The standard InChI is InChI=1S/C19H26N2O4/c1-24-16-10-9-15(11-17(16)25-2)21-19(23)13-5-3-12(4-6-13)18(22)20-14-7-8-14/h9-14H,3-8H2,1-2H3,(H,20,22)(H,21,23). The van der Waals surface area contributed by atoms with Crippen LogP contribution in [-0.4, -0.2) is 32.1 Å². The van der Waals surface area contributed by atoms with E-state index >= 15 is 0 Å². The highest BCUT2D eigenvalue weighted by molar-refractivity contribution is 5.93. The maximum Gasteiger partial charge on any atom is 0.227 e. The fourth-order valence-corrected chi connectivity index (χ4v) is 3.32. The Bertz CT molecular complexity index is 634. The van der Waals surface area contributed by atoms with E-state index in [0.29, 0.717) is 23.2 Å². The number of benzene rings is 1. The van der Waals surface area contributed by atoms with Gasteiger partial charge in [0.25, 0.3) is 0 Å². The zero-order chi connectivity index (χ0) is 17.8. The first kappa shape index (κ1) is 17.6. The molecule has 0 spiro atoms. The van der Waals surface area contributed by atoms with Gasteiger partial charge in [0.2, 0.25) is 11.8 Å². The van der Waals surface area contributed by atoms with Crippen molar-refractivity contribution in [2.45, 2.75) is 44.6 Å². The zero-order valence-corrected chi connectivity index (χ0v) is 14.8.